The van der Waals surface area contributed by atoms with Gasteiger partial charge in [0.05, 0.1) is 11.3 Å². The summed E-state index contributed by atoms with van der Waals surface area (Å²) < 4.78 is 42.1. The van der Waals surface area contributed by atoms with Crippen molar-refractivity contribution < 1.29 is 22.5 Å². The third-order valence-electron chi connectivity index (χ3n) is 4.55. The Labute approximate surface area is 162 Å². The Hall–Kier alpha value is -3.74. The van der Waals surface area contributed by atoms with Crippen LogP contribution in [0.15, 0.2) is 47.1 Å². The third kappa shape index (κ3) is 3.54. The van der Waals surface area contributed by atoms with E-state index in [1.54, 1.807) is 29.3 Å². The number of nitriles is 1. The Morgan fingerprint density at radius 3 is 2.72 bits per heavy atom. The Kier molecular flexibility index (Phi) is 4.50. The van der Waals surface area contributed by atoms with Crippen molar-refractivity contribution >= 4 is 5.91 Å². The number of aromatic nitrogens is 3. The van der Waals surface area contributed by atoms with E-state index in [1.165, 1.54) is 18.2 Å². The van der Waals surface area contributed by atoms with Crippen molar-refractivity contribution in [1.82, 2.24) is 20.0 Å². The van der Waals surface area contributed by atoms with Gasteiger partial charge >= 0.3 is 12.1 Å². The zero-order chi connectivity index (χ0) is 20.6. The fraction of sp³-hybridized carbons (Fsp3) is 0.211. The van der Waals surface area contributed by atoms with Crippen molar-refractivity contribution in [1.29, 1.82) is 5.26 Å². The minimum Gasteiger partial charge on any atom is -0.337 e. The van der Waals surface area contributed by atoms with E-state index in [9.17, 15) is 23.2 Å². The Morgan fingerprint density at radius 1 is 1.24 bits per heavy atom. The van der Waals surface area contributed by atoms with E-state index in [2.05, 4.69) is 25.7 Å². The van der Waals surface area contributed by atoms with Gasteiger partial charge in [-0.15, -0.1) is 0 Å². The molecule has 0 bridgehead atoms. The Bertz CT molecular complexity index is 1110. The minimum absolute atomic E-state index is 0.0375. The van der Waals surface area contributed by atoms with E-state index in [0.29, 0.717) is 29.9 Å². The number of carbonyl (C=O) groups is 1. The zero-order valence-corrected chi connectivity index (χ0v) is 14.7. The van der Waals surface area contributed by atoms with Crippen LogP contribution >= 0.6 is 0 Å². The highest BCUT2D eigenvalue weighted by Gasteiger charge is 2.39. The molecule has 2 aromatic heterocycles. The topological polar surface area (TPSA) is 95.9 Å². The molecule has 0 aliphatic carbocycles. The number of benzene rings is 1. The second-order valence-electron chi connectivity index (χ2n) is 6.46. The molecule has 1 aromatic carbocycles. The van der Waals surface area contributed by atoms with E-state index in [4.69, 9.17) is 0 Å². The smallest absolute Gasteiger partial charge is 0.337 e. The lowest BCUT2D eigenvalue weighted by Gasteiger charge is -2.39. The highest BCUT2D eigenvalue weighted by atomic mass is 19.4. The normalized spacial score (nSPS) is 14.3. The number of halogens is 3. The maximum absolute atomic E-state index is 12.7. The molecule has 0 N–H and O–H groups in total. The summed E-state index contributed by atoms with van der Waals surface area (Å²) in [4.78, 5) is 21.9. The molecule has 3 heterocycles. The molecule has 0 saturated carbocycles. The molecule has 146 valence electrons. The van der Waals surface area contributed by atoms with Crippen molar-refractivity contribution in [3.63, 3.8) is 0 Å². The van der Waals surface area contributed by atoms with Crippen LogP contribution in [0.2, 0.25) is 0 Å². The largest absolute Gasteiger partial charge is 0.471 e. The molecule has 1 aliphatic heterocycles. The summed E-state index contributed by atoms with van der Waals surface area (Å²) in [6.45, 7) is 0.796. The fourth-order valence-electron chi connectivity index (χ4n) is 3.08. The molecule has 1 amide bonds. The number of pyridine rings is 1. The Morgan fingerprint density at radius 2 is 2.03 bits per heavy atom. The number of hydrogen-bond acceptors (Lipinski definition) is 6. The predicted octanol–water partition coefficient (Wildman–Crippen LogP) is 3.26. The van der Waals surface area contributed by atoms with Gasteiger partial charge in [0.25, 0.3) is 5.91 Å². The van der Waals surface area contributed by atoms with Gasteiger partial charge in [0, 0.05) is 36.3 Å². The van der Waals surface area contributed by atoms with Crippen molar-refractivity contribution in [3.8, 4) is 17.5 Å². The van der Waals surface area contributed by atoms with Gasteiger partial charge in [-0.1, -0.05) is 17.3 Å². The van der Waals surface area contributed by atoms with E-state index < -0.39 is 12.1 Å². The molecule has 29 heavy (non-hydrogen) atoms. The lowest BCUT2D eigenvalue weighted by atomic mass is 9.92. The first-order valence-corrected chi connectivity index (χ1v) is 8.52. The molecule has 0 spiro atoms. The number of amides is 1. The van der Waals surface area contributed by atoms with Gasteiger partial charge in [-0.05, 0) is 24.3 Å². The van der Waals surface area contributed by atoms with Gasteiger partial charge in [-0.3, -0.25) is 9.78 Å². The van der Waals surface area contributed by atoms with Crippen LogP contribution in [-0.4, -0.2) is 39.0 Å². The van der Waals surface area contributed by atoms with Crippen LogP contribution in [0.3, 0.4) is 0 Å². The first kappa shape index (κ1) is 18.6. The quantitative estimate of drug-likeness (QED) is 0.671. The van der Waals surface area contributed by atoms with Crippen LogP contribution in [0.5, 0.6) is 0 Å². The average molecular weight is 399 g/mol. The van der Waals surface area contributed by atoms with Gasteiger partial charge in [0.15, 0.2) is 0 Å². The molecule has 1 fully saturated rings. The summed E-state index contributed by atoms with van der Waals surface area (Å²) in [6, 6.07) is 11.5. The summed E-state index contributed by atoms with van der Waals surface area (Å²) in [6.07, 6.45) is -3.14. The molecule has 1 aliphatic rings. The zero-order valence-electron chi connectivity index (χ0n) is 14.7. The van der Waals surface area contributed by atoms with Crippen LogP contribution in [-0.2, 0) is 6.18 Å². The average Bonchev–Trinajstić information content (AvgIpc) is 3.18. The van der Waals surface area contributed by atoms with Crippen LogP contribution in [0, 0.1) is 11.3 Å². The van der Waals surface area contributed by atoms with Crippen LogP contribution < -0.4 is 0 Å². The molecular weight excluding hydrogens is 387 g/mol. The van der Waals surface area contributed by atoms with Crippen LogP contribution in [0.25, 0.3) is 11.4 Å². The molecule has 0 atom stereocenters. The lowest BCUT2D eigenvalue weighted by Crippen LogP contribution is -2.49. The summed E-state index contributed by atoms with van der Waals surface area (Å²) in [7, 11) is 0. The highest BCUT2D eigenvalue weighted by Crippen LogP contribution is 2.31. The molecule has 4 rings (SSSR count). The number of rotatable bonds is 3. The number of carbonyl (C=O) groups excluding carboxylic acids is 1. The number of nitrogens with zero attached hydrogens (tertiary/aromatic N) is 5. The third-order valence-corrected chi connectivity index (χ3v) is 4.55. The highest BCUT2D eigenvalue weighted by molar-refractivity contribution is 5.96. The maximum atomic E-state index is 12.7. The van der Waals surface area contributed by atoms with Gasteiger partial charge in [0.2, 0.25) is 5.82 Å². The minimum atomic E-state index is -4.74. The van der Waals surface area contributed by atoms with Crippen molar-refractivity contribution in [2.45, 2.75) is 12.1 Å². The Balaban J connectivity index is 1.49. The summed E-state index contributed by atoms with van der Waals surface area (Å²) in [5.74, 6) is -2.01. The van der Waals surface area contributed by atoms with Gasteiger partial charge in [0.1, 0.15) is 6.07 Å². The van der Waals surface area contributed by atoms with Gasteiger partial charge in [-0.25, -0.2) is 0 Å². The van der Waals surface area contributed by atoms with E-state index in [-0.39, 0.29) is 23.2 Å². The molecule has 7 nitrogen and oxygen atoms in total. The molecule has 0 radical (unpaired) electrons. The van der Waals surface area contributed by atoms with Gasteiger partial charge in [-0.2, -0.15) is 23.4 Å². The summed E-state index contributed by atoms with van der Waals surface area (Å²) in [5.41, 5.74) is 1.66. The number of alkyl halides is 3. The van der Waals surface area contributed by atoms with Gasteiger partial charge < -0.3 is 9.42 Å². The molecule has 3 aromatic rings. The maximum Gasteiger partial charge on any atom is 0.471 e. The van der Waals surface area contributed by atoms with Crippen molar-refractivity contribution in [2.24, 2.45) is 0 Å². The standard InChI is InChI=1S/C19H12F3N5O2/c20-19(21,22)18-25-16(26-29-18)11-3-1-4-12(7-11)17(28)27-9-14(10-27)15-13(8-23)5-2-6-24-15/h1-7,14H,9-10H2. The molecular formula is C19H12F3N5O2. The van der Waals surface area contributed by atoms with Crippen molar-refractivity contribution in [3.05, 3.63) is 65.3 Å². The molecule has 10 heteroatoms. The first-order valence-electron chi connectivity index (χ1n) is 8.52. The van der Waals surface area contributed by atoms with Crippen LogP contribution in [0.1, 0.15) is 33.4 Å². The van der Waals surface area contributed by atoms with E-state index in [1.807, 2.05) is 0 Å². The van der Waals surface area contributed by atoms with Crippen molar-refractivity contribution in [2.75, 3.05) is 13.1 Å². The second-order valence-corrected chi connectivity index (χ2v) is 6.46. The monoisotopic (exact) mass is 399 g/mol. The van der Waals surface area contributed by atoms with E-state index in [0.717, 1.165) is 0 Å². The molecule has 0 unspecified atom stereocenters. The van der Waals surface area contributed by atoms with E-state index >= 15 is 0 Å². The number of likely N-dealkylation sites (tertiary alicyclic amines) is 1. The van der Waals surface area contributed by atoms with Crippen LogP contribution in [0.4, 0.5) is 13.2 Å². The first-order chi connectivity index (χ1) is 13.9. The summed E-state index contributed by atoms with van der Waals surface area (Å²) >= 11 is 0. The summed E-state index contributed by atoms with van der Waals surface area (Å²) in [5, 5.41) is 12.5. The SMILES string of the molecule is N#Cc1cccnc1C1CN(C(=O)c2cccc(-c3noc(C(F)(F)F)n3)c2)C1. The number of hydrogen-bond donors (Lipinski definition) is 0. The molecule has 1 saturated heterocycles. The predicted molar refractivity (Wildman–Crippen MR) is 92.3 cm³/mol. The second kappa shape index (κ2) is 7.01. The fourth-order valence-corrected chi connectivity index (χ4v) is 3.08. The lowest BCUT2D eigenvalue weighted by molar-refractivity contribution is -0.159.